The molecule has 4 rings (SSSR count). The maximum absolute atomic E-state index is 13.4. The summed E-state index contributed by atoms with van der Waals surface area (Å²) < 4.78 is 13.6. The van der Waals surface area contributed by atoms with Crippen molar-refractivity contribution in [2.24, 2.45) is 5.10 Å². The molecule has 0 saturated heterocycles. The summed E-state index contributed by atoms with van der Waals surface area (Å²) >= 11 is 3.46. The molecular formula is C26H26BrN3O3. The SMILES string of the molecule is C#CCOc1ccc(C=Nn2c(C3CCCCC3)nc3ccc(Br)cc3c2=O)cc1OCC. The van der Waals surface area contributed by atoms with Crippen LogP contribution in [0.1, 0.15) is 56.3 Å². The fourth-order valence-corrected chi connectivity index (χ4v) is 4.50. The van der Waals surface area contributed by atoms with Gasteiger partial charge in [-0.2, -0.15) is 9.78 Å². The number of hydrogen-bond acceptors (Lipinski definition) is 5. The number of rotatable bonds is 7. The largest absolute Gasteiger partial charge is 0.490 e. The quantitative estimate of drug-likeness (QED) is 0.312. The van der Waals surface area contributed by atoms with Crippen LogP contribution in [0.2, 0.25) is 0 Å². The Hall–Kier alpha value is -3.11. The fourth-order valence-electron chi connectivity index (χ4n) is 4.14. The molecule has 0 radical (unpaired) electrons. The van der Waals surface area contributed by atoms with Crippen LogP contribution in [0.25, 0.3) is 10.9 Å². The van der Waals surface area contributed by atoms with Crippen molar-refractivity contribution >= 4 is 33.0 Å². The van der Waals surface area contributed by atoms with Crippen LogP contribution in [-0.2, 0) is 0 Å². The van der Waals surface area contributed by atoms with E-state index in [1.807, 2.05) is 31.2 Å². The Morgan fingerprint density at radius 3 is 2.76 bits per heavy atom. The smallest absolute Gasteiger partial charge is 0.282 e. The Morgan fingerprint density at radius 1 is 1.18 bits per heavy atom. The van der Waals surface area contributed by atoms with Gasteiger partial charge in [-0.15, -0.1) is 6.42 Å². The van der Waals surface area contributed by atoms with Crippen LogP contribution >= 0.6 is 15.9 Å². The number of terminal acetylenes is 1. The number of nitrogens with zero attached hydrogens (tertiary/aromatic N) is 3. The van der Waals surface area contributed by atoms with Crippen molar-refractivity contribution < 1.29 is 9.47 Å². The highest BCUT2D eigenvalue weighted by Crippen LogP contribution is 2.32. The van der Waals surface area contributed by atoms with Crippen LogP contribution in [0.15, 0.2) is 50.8 Å². The minimum absolute atomic E-state index is 0.159. The first kappa shape index (κ1) is 23.1. The molecule has 0 amide bonds. The molecule has 1 fully saturated rings. The van der Waals surface area contributed by atoms with E-state index in [1.54, 1.807) is 18.3 Å². The highest BCUT2D eigenvalue weighted by molar-refractivity contribution is 9.10. The van der Waals surface area contributed by atoms with Crippen molar-refractivity contribution in [2.75, 3.05) is 13.2 Å². The summed E-state index contributed by atoms with van der Waals surface area (Å²) in [5.41, 5.74) is 1.31. The summed E-state index contributed by atoms with van der Waals surface area (Å²) in [6.45, 7) is 2.55. The molecule has 170 valence electrons. The molecule has 0 unspecified atom stereocenters. The van der Waals surface area contributed by atoms with Crippen LogP contribution in [0.5, 0.6) is 11.5 Å². The zero-order valence-electron chi connectivity index (χ0n) is 18.6. The second-order valence-electron chi connectivity index (χ2n) is 7.96. The third-order valence-corrected chi connectivity index (χ3v) is 6.20. The van der Waals surface area contributed by atoms with Gasteiger partial charge in [0.25, 0.3) is 5.56 Å². The van der Waals surface area contributed by atoms with E-state index in [2.05, 4.69) is 27.0 Å². The van der Waals surface area contributed by atoms with Crippen LogP contribution in [0.4, 0.5) is 0 Å². The highest BCUT2D eigenvalue weighted by Gasteiger charge is 2.22. The number of fused-ring (bicyclic) bond motifs is 1. The molecule has 1 heterocycles. The summed E-state index contributed by atoms with van der Waals surface area (Å²) in [7, 11) is 0. The number of hydrogen-bond donors (Lipinski definition) is 0. The Kier molecular flexibility index (Phi) is 7.46. The van der Waals surface area contributed by atoms with E-state index in [9.17, 15) is 4.79 Å². The summed E-state index contributed by atoms with van der Waals surface area (Å²) in [5, 5.41) is 5.13. The Labute approximate surface area is 201 Å². The first-order chi connectivity index (χ1) is 16.1. The van der Waals surface area contributed by atoms with Crippen molar-refractivity contribution in [1.29, 1.82) is 0 Å². The van der Waals surface area contributed by atoms with Crippen LogP contribution in [0.3, 0.4) is 0 Å². The third kappa shape index (κ3) is 5.28. The van der Waals surface area contributed by atoms with Gasteiger partial charge in [-0.25, -0.2) is 4.98 Å². The van der Waals surface area contributed by atoms with Crippen molar-refractivity contribution in [3.05, 3.63) is 62.6 Å². The van der Waals surface area contributed by atoms with Gasteiger partial charge in [-0.05, 0) is 61.7 Å². The number of benzene rings is 2. The summed E-state index contributed by atoms with van der Waals surface area (Å²) in [6, 6.07) is 11.1. The van der Waals surface area contributed by atoms with E-state index in [0.717, 1.165) is 41.5 Å². The molecule has 7 heteroatoms. The van der Waals surface area contributed by atoms with Gasteiger partial charge in [-0.1, -0.05) is 41.1 Å². The average molecular weight is 508 g/mol. The predicted molar refractivity (Wildman–Crippen MR) is 134 cm³/mol. The van der Waals surface area contributed by atoms with Crippen molar-refractivity contribution in [3.8, 4) is 23.8 Å². The Morgan fingerprint density at radius 2 is 2.00 bits per heavy atom. The number of aromatic nitrogens is 2. The van der Waals surface area contributed by atoms with Gasteiger partial charge in [0.15, 0.2) is 11.5 Å². The summed E-state index contributed by atoms with van der Waals surface area (Å²) in [6.07, 6.45) is 12.5. The van der Waals surface area contributed by atoms with Gasteiger partial charge in [0.05, 0.1) is 23.7 Å². The standard InChI is InChI=1S/C26H26BrN3O3/c1-3-14-33-23-13-10-18(15-24(23)32-4-2)17-28-30-25(19-8-6-5-7-9-19)29-22-12-11-20(27)16-21(22)26(30)31/h1,10-13,15-17,19H,4-9,14H2,2H3. The minimum Gasteiger partial charge on any atom is -0.490 e. The van der Waals surface area contributed by atoms with E-state index in [1.165, 1.54) is 11.1 Å². The van der Waals surface area contributed by atoms with Crippen molar-refractivity contribution in [1.82, 2.24) is 9.66 Å². The van der Waals surface area contributed by atoms with Gasteiger partial charge in [0, 0.05) is 10.4 Å². The topological polar surface area (TPSA) is 65.7 Å². The van der Waals surface area contributed by atoms with Gasteiger partial charge < -0.3 is 9.47 Å². The molecule has 33 heavy (non-hydrogen) atoms. The second-order valence-corrected chi connectivity index (χ2v) is 8.88. The number of ether oxygens (including phenoxy) is 2. The molecule has 3 aromatic rings. The lowest BCUT2D eigenvalue weighted by Gasteiger charge is -2.22. The van der Waals surface area contributed by atoms with E-state index >= 15 is 0 Å². The Bertz CT molecular complexity index is 1270. The lowest BCUT2D eigenvalue weighted by atomic mass is 9.88. The molecule has 0 aliphatic heterocycles. The van der Waals surface area contributed by atoms with E-state index in [4.69, 9.17) is 20.9 Å². The predicted octanol–water partition coefficient (Wildman–Crippen LogP) is 5.50. The zero-order valence-corrected chi connectivity index (χ0v) is 20.2. The van der Waals surface area contributed by atoms with Crippen LogP contribution < -0.4 is 15.0 Å². The van der Waals surface area contributed by atoms with Gasteiger partial charge in [-0.3, -0.25) is 4.79 Å². The van der Waals surface area contributed by atoms with E-state index in [-0.39, 0.29) is 18.1 Å². The summed E-state index contributed by atoms with van der Waals surface area (Å²) in [5.74, 6) is 4.55. The highest BCUT2D eigenvalue weighted by atomic mass is 79.9. The molecule has 1 aliphatic carbocycles. The van der Waals surface area contributed by atoms with E-state index in [0.29, 0.717) is 29.0 Å². The zero-order chi connectivity index (χ0) is 23.2. The normalized spacial score (nSPS) is 14.5. The number of halogens is 1. The molecular weight excluding hydrogens is 482 g/mol. The maximum atomic E-state index is 13.4. The van der Waals surface area contributed by atoms with Gasteiger partial charge in [0.1, 0.15) is 12.4 Å². The van der Waals surface area contributed by atoms with E-state index < -0.39 is 0 Å². The molecule has 1 aromatic heterocycles. The molecule has 0 N–H and O–H groups in total. The molecule has 0 spiro atoms. The second kappa shape index (κ2) is 10.7. The molecule has 1 aliphatic rings. The molecule has 2 aromatic carbocycles. The average Bonchev–Trinajstić information content (AvgIpc) is 2.84. The minimum atomic E-state index is -0.169. The summed E-state index contributed by atoms with van der Waals surface area (Å²) in [4.78, 5) is 18.3. The first-order valence-electron chi connectivity index (χ1n) is 11.2. The van der Waals surface area contributed by atoms with Crippen molar-refractivity contribution in [3.63, 3.8) is 0 Å². The third-order valence-electron chi connectivity index (χ3n) is 5.70. The van der Waals surface area contributed by atoms with Gasteiger partial charge in [0.2, 0.25) is 0 Å². The fraction of sp³-hybridized carbons (Fsp3) is 0.346. The van der Waals surface area contributed by atoms with Crippen LogP contribution in [0, 0.1) is 12.3 Å². The van der Waals surface area contributed by atoms with Gasteiger partial charge >= 0.3 is 0 Å². The maximum Gasteiger partial charge on any atom is 0.282 e. The lowest BCUT2D eigenvalue weighted by molar-refractivity contribution is 0.299. The van der Waals surface area contributed by atoms with Crippen molar-refractivity contribution in [2.45, 2.75) is 44.9 Å². The Balaban J connectivity index is 1.77. The first-order valence-corrected chi connectivity index (χ1v) is 12.0. The molecule has 0 bridgehead atoms. The van der Waals surface area contributed by atoms with Crippen LogP contribution in [-0.4, -0.2) is 29.1 Å². The molecule has 1 saturated carbocycles. The monoisotopic (exact) mass is 507 g/mol. The molecule has 0 atom stereocenters. The molecule has 6 nitrogen and oxygen atoms in total. The lowest BCUT2D eigenvalue weighted by Crippen LogP contribution is -2.25.